The Hall–Kier alpha value is -0.970. The van der Waals surface area contributed by atoms with E-state index in [1.54, 1.807) is 12.3 Å². The highest BCUT2D eigenvalue weighted by molar-refractivity contribution is 6.42. The summed E-state index contributed by atoms with van der Waals surface area (Å²) in [6.45, 7) is 0.578. The van der Waals surface area contributed by atoms with Crippen LogP contribution >= 0.6 is 34.8 Å². The highest BCUT2D eigenvalue weighted by atomic mass is 35.5. The summed E-state index contributed by atoms with van der Waals surface area (Å²) >= 11 is 17.8. The molecule has 7 heteroatoms. The van der Waals surface area contributed by atoms with Gasteiger partial charge in [0.05, 0.1) is 16.6 Å². The minimum atomic E-state index is 0.239. The number of hydrogen-bond donors (Lipinski definition) is 0. The molecule has 2 aromatic rings. The summed E-state index contributed by atoms with van der Waals surface area (Å²) < 4.78 is 1.93. The van der Waals surface area contributed by atoms with Gasteiger partial charge in [-0.2, -0.15) is 0 Å². The summed E-state index contributed by atoms with van der Waals surface area (Å²) in [4.78, 5) is 10.3. The van der Waals surface area contributed by atoms with Crippen molar-refractivity contribution in [2.75, 3.05) is 11.9 Å². The molecule has 4 nitrogen and oxygen atoms in total. The maximum Gasteiger partial charge on any atom is 0.150 e. The Labute approximate surface area is 120 Å². The van der Waals surface area contributed by atoms with Gasteiger partial charge in [0.2, 0.25) is 0 Å². The van der Waals surface area contributed by atoms with Gasteiger partial charge in [-0.25, -0.2) is 9.97 Å². The molecule has 0 amide bonds. The van der Waals surface area contributed by atoms with E-state index < -0.39 is 0 Å². The molecule has 0 unspecified atom stereocenters. The highest BCUT2D eigenvalue weighted by Crippen LogP contribution is 2.31. The van der Waals surface area contributed by atoms with E-state index in [1.807, 2.05) is 29.8 Å². The number of aryl methyl sites for hydroxylation is 1. The van der Waals surface area contributed by atoms with Gasteiger partial charge in [-0.3, -0.25) is 0 Å². The SMILES string of the molecule is CN(Cc1nccn1C)c1nc(Cl)c(Cl)cc1Cl. The third kappa shape index (κ3) is 2.71. The van der Waals surface area contributed by atoms with Crippen molar-refractivity contribution in [3.8, 4) is 0 Å². The molecule has 18 heavy (non-hydrogen) atoms. The second kappa shape index (κ2) is 5.34. The Morgan fingerprint density at radius 3 is 2.61 bits per heavy atom. The van der Waals surface area contributed by atoms with Gasteiger partial charge in [0.1, 0.15) is 16.8 Å². The lowest BCUT2D eigenvalue weighted by atomic mass is 10.4. The zero-order valence-electron chi connectivity index (χ0n) is 9.86. The Morgan fingerprint density at radius 2 is 2.00 bits per heavy atom. The molecule has 96 valence electrons. The number of halogens is 3. The first-order chi connectivity index (χ1) is 8.49. The van der Waals surface area contributed by atoms with E-state index in [0.717, 1.165) is 5.82 Å². The molecular formula is C11H11Cl3N4. The van der Waals surface area contributed by atoms with Crippen molar-refractivity contribution in [1.29, 1.82) is 0 Å². The number of imidazole rings is 1. The third-order valence-corrected chi connectivity index (χ3v) is 3.48. The van der Waals surface area contributed by atoms with Gasteiger partial charge >= 0.3 is 0 Å². The second-order valence-corrected chi connectivity index (χ2v) is 5.05. The van der Waals surface area contributed by atoms with Crippen LogP contribution in [0.25, 0.3) is 0 Å². The molecule has 0 N–H and O–H groups in total. The number of aromatic nitrogens is 3. The predicted molar refractivity (Wildman–Crippen MR) is 74.6 cm³/mol. The van der Waals surface area contributed by atoms with Crippen molar-refractivity contribution in [1.82, 2.24) is 14.5 Å². The summed E-state index contributed by atoms with van der Waals surface area (Å²) in [6.07, 6.45) is 3.63. The van der Waals surface area contributed by atoms with Gasteiger partial charge in [-0.1, -0.05) is 34.8 Å². The quantitative estimate of drug-likeness (QED) is 0.815. The van der Waals surface area contributed by atoms with E-state index in [9.17, 15) is 0 Å². The molecule has 2 heterocycles. The fraction of sp³-hybridized carbons (Fsp3) is 0.273. The van der Waals surface area contributed by atoms with Crippen LogP contribution in [0.15, 0.2) is 18.5 Å². The molecule has 0 aliphatic carbocycles. The lowest BCUT2D eigenvalue weighted by molar-refractivity contribution is 0.755. The molecule has 0 fully saturated rings. The topological polar surface area (TPSA) is 34.0 Å². The van der Waals surface area contributed by atoms with Crippen LogP contribution in [0.5, 0.6) is 0 Å². The molecule has 0 spiro atoms. The fourth-order valence-electron chi connectivity index (χ4n) is 1.54. The first kappa shape index (κ1) is 13.5. The van der Waals surface area contributed by atoms with E-state index in [0.29, 0.717) is 22.4 Å². The van der Waals surface area contributed by atoms with E-state index in [-0.39, 0.29) is 5.15 Å². The van der Waals surface area contributed by atoms with Gasteiger partial charge in [-0.05, 0) is 6.07 Å². The molecular weight excluding hydrogens is 295 g/mol. The Balaban J connectivity index is 2.26. The van der Waals surface area contributed by atoms with E-state index >= 15 is 0 Å². The molecule has 0 saturated heterocycles. The Morgan fingerprint density at radius 1 is 1.28 bits per heavy atom. The van der Waals surface area contributed by atoms with Crippen molar-refractivity contribution in [3.63, 3.8) is 0 Å². The largest absolute Gasteiger partial charge is 0.351 e. The lowest BCUT2D eigenvalue weighted by Gasteiger charge is -2.19. The molecule has 0 atom stereocenters. The zero-order valence-corrected chi connectivity index (χ0v) is 12.1. The molecule has 0 aliphatic heterocycles. The standard InChI is InChI=1S/C11H11Cl3N4/c1-17-4-3-15-9(17)6-18(2)11-8(13)5-7(12)10(14)16-11/h3-5H,6H2,1-2H3. The van der Waals surface area contributed by atoms with Crippen molar-refractivity contribution in [2.45, 2.75) is 6.54 Å². The summed E-state index contributed by atoms with van der Waals surface area (Å²) in [5.41, 5.74) is 0. The highest BCUT2D eigenvalue weighted by Gasteiger charge is 2.13. The fourth-order valence-corrected chi connectivity index (χ4v) is 2.18. The van der Waals surface area contributed by atoms with Crippen molar-refractivity contribution in [3.05, 3.63) is 39.5 Å². The summed E-state index contributed by atoms with van der Waals surface area (Å²) in [5.74, 6) is 1.48. The second-order valence-electron chi connectivity index (χ2n) is 3.88. The normalized spacial score (nSPS) is 10.7. The first-order valence-electron chi connectivity index (χ1n) is 5.18. The van der Waals surface area contributed by atoms with Crippen LogP contribution in [0.2, 0.25) is 15.2 Å². The Bertz CT molecular complexity index is 567. The van der Waals surface area contributed by atoms with Gasteiger partial charge in [0, 0.05) is 26.5 Å². The molecule has 2 rings (SSSR count). The molecule has 0 bridgehead atoms. The van der Waals surface area contributed by atoms with Crippen molar-refractivity contribution < 1.29 is 0 Å². The predicted octanol–water partition coefficient (Wildman–Crippen LogP) is 3.41. The van der Waals surface area contributed by atoms with E-state index in [2.05, 4.69) is 9.97 Å². The number of hydrogen-bond acceptors (Lipinski definition) is 3. The van der Waals surface area contributed by atoms with Crippen LogP contribution in [0, 0.1) is 0 Å². The number of nitrogens with zero attached hydrogens (tertiary/aromatic N) is 4. The van der Waals surface area contributed by atoms with Gasteiger partial charge in [0.25, 0.3) is 0 Å². The number of rotatable bonds is 3. The molecule has 0 aromatic carbocycles. The van der Waals surface area contributed by atoms with Crippen LogP contribution in [-0.2, 0) is 13.6 Å². The average molecular weight is 306 g/mol. The summed E-state index contributed by atoms with van der Waals surface area (Å²) in [6, 6.07) is 1.59. The summed E-state index contributed by atoms with van der Waals surface area (Å²) in [5, 5.41) is 1.04. The lowest BCUT2D eigenvalue weighted by Crippen LogP contribution is -2.20. The third-order valence-electron chi connectivity index (χ3n) is 2.53. The van der Waals surface area contributed by atoms with E-state index in [1.165, 1.54) is 0 Å². The monoisotopic (exact) mass is 304 g/mol. The van der Waals surface area contributed by atoms with Crippen molar-refractivity contribution >= 4 is 40.6 Å². The van der Waals surface area contributed by atoms with Crippen LogP contribution in [0.1, 0.15) is 5.82 Å². The molecule has 0 radical (unpaired) electrons. The van der Waals surface area contributed by atoms with E-state index in [4.69, 9.17) is 34.8 Å². The molecule has 0 saturated carbocycles. The van der Waals surface area contributed by atoms with Gasteiger partial charge in [0.15, 0.2) is 0 Å². The van der Waals surface area contributed by atoms with Gasteiger partial charge in [-0.15, -0.1) is 0 Å². The molecule has 0 aliphatic rings. The Kier molecular flexibility index (Phi) is 4.00. The molecule has 2 aromatic heterocycles. The average Bonchev–Trinajstić information content (AvgIpc) is 2.69. The van der Waals surface area contributed by atoms with Crippen LogP contribution in [0.3, 0.4) is 0 Å². The minimum absolute atomic E-state index is 0.239. The summed E-state index contributed by atoms with van der Waals surface area (Å²) in [7, 11) is 3.80. The maximum absolute atomic E-state index is 6.10. The first-order valence-corrected chi connectivity index (χ1v) is 6.31. The zero-order chi connectivity index (χ0) is 13.3. The van der Waals surface area contributed by atoms with Crippen LogP contribution in [0.4, 0.5) is 5.82 Å². The number of pyridine rings is 1. The smallest absolute Gasteiger partial charge is 0.150 e. The van der Waals surface area contributed by atoms with Crippen LogP contribution < -0.4 is 4.90 Å². The number of anilines is 1. The van der Waals surface area contributed by atoms with Crippen LogP contribution in [-0.4, -0.2) is 21.6 Å². The van der Waals surface area contributed by atoms with Crippen molar-refractivity contribution in [2.24, 2.45) is 7.05 Å². The minimum Gasteiger partial charge on any atom is -0.351 e. The maximum atomic E-state index is 6.10. The van der Waals surface area contributed by atoms with Gasteiger partial charge < -0.3 is 9.47 Å².